The number of amides is 3. The fourth-order valence-corrected chi connectivity index (χ4v) is 3.62. The number of hydrogen-bond donors (Lipinski definition) is 1. The van der Waals surface area contributed by atoms with Crippen molar-refractivity contribution in [1.29, 1.82) is 0 Å². The summed E-state index contributed by atoms with van der Waals surface area (Å²) in [6, 6.07) is -7.16. The molecule has 1 atom stereocenters. The van der Waals surface area contributed by atoms with Crippen molar-refractivity contribution in [3.63, 3.8) is 0 Å². The first-order valence-corrected chi connectivity index (χ1v) is 10.2. The summed E-state index contributed by atoms with van der Waals surface area (Å²) in [6.07, 6.45) is -7.03. The van der Waals surface area contributed by atoms with Gasteiger partial charge in [-0.2, -0.15) is 0 Å². The smallest absolute Gasteiger partial charge is 0.255 e. The van der Waals surface area contributed by atoms with E-state index < -0.39 is 91.2 Å². The maximum absolute atomic E-state index is 13.5. The number of hydrogen-bond acceptors (Lipinski definition) is 6. The predicted octanol–water partition coefficient (Wildman–Crippen LogP) is 1.86. The molecule has 1 N–H and O–H groups in total. The van der Waals surface area contributed by atoms with E-state index >= 15 is 0 Å². The van der Waals surface area contributed by atoms with Crippen molar-refractivity contribution in [2.45, 2.75) is 38.5 Å². The van der Waals surface area contributed by atoms with Gasteiger partial charge in [-0.3, -0.25) is 24.6 Å². The molecule has 2 fully saturated rings. The van der Waals surface area contributed by atoms with E-state index in [9.17, 15) is 14.4 Å². The van der Waals surface area contributed by atoms with Crippen LogP contribution in [0.2, 0.25) is 0 Å². The number of nitrogens with zero attached hydrogens (tertiary/aromatic N) is 2. The largest absolute Gasteiger partial charge is 0.489 e. The Bertz CT molecular complexity index is 1620. The maximum atomic E-state index is 13.5. The van der Waals surface area contributed by atoms with Crippen LogP contribution in [0.25, 0.3) is 0 Å². The van der Waals surface area contributed by atoms with Crippen LogP contribution >= 0.6 is 0 Å². The summed E-state index contributed by atoms with van der Waals surface area (Å²) in [7, 11) is 0. The van der Waals surface area contributed by atoms with Crippen molar-refractivity contribution in [3.8, 4) is 5.75 Å². The molecule has 0 bridgehead atoms. The van der Waals surface area contributed by atoms with Gasteiger partial charge in [-0.15, -0.1) is 0 Å². The Kier molecular flexibility index (Phi) is 3.32. The molecule has 2 aromatic rings. The average Bonchev–Trinajstić information content (AvgIpc) is 3.34. The number of nitrogens with one attached hydrogen (secondary N) is 1. The summed E-state index contributed by atoms with van der Waals surface area (Å²) in [6.45, 7) is 0.631. The van der Waals surface area contributed by atoms with Crippen LogP contribution in [-0.4, -0.2) is 59.8 Å². The lowest BCUT2D eigenvalue weighted by atomic mass is 10.0. The van der Waals surface area contributed by atoms with Crippen LogP contribution in [0.1, 0.15) is 56.2 Å². The number of imide groups is 1. The van der Waals surface area contributed by atoms with E-state index in [-0.39, 0.29) is 35.3 Å². The second kappa shape index (κ2) is 9.33. The van der Waals surface area contributed by atoms with Gasteiger partial charge in [0.2, 0.25) is 11.8 Å². The number of morpholine rings is 1. The van der Waals surface area contributed by atoms with Crippen LogP contribution in [0.4, 0.5) is 0 Å². The molecule has 0 unspecified atom stereocenters. The van der Waals surface area contributed by atoms with Crippen molar-refractivity contribution in [2.75, 3.05) is 26.3 Å². The standard InChI is InChI=1S/C25H27N3O5/c29-23-9-8-21(24(30)26-23)28-15-20-19(25(28)31)2-1-3-22(20)33-16-18-6-4-17(5-7-18)14-27-10-12-32-13-11-27/h1-7,21H,8-16H2,(H,26,29,30)/t21-/m0/s1/i1D,2D,3D,4D,5D,6D,7D,8D2,9D2,21D. The molecule has 0 radical (unpaired) electrons. The van der Waals surface area contributed by atoms with Gasteiger partial charge in [0.1, 0.15) is 18.4 Å². The van der Waals surface area contributed by atoms with Gasteiger partial charge in [-0.25, -0.2) is 0 Å². The normalized spacial score (nSPS) is 31.6. The molecule has 5 rings (SSSR count). The minimum absolute atomic E-state index is 0.148. The molecule has 172 valence electrons. The summed E-state index contributed by atoms with van der Waals surface area (Å²) in [5, 5.41) is 1.58. The first-order valence-electron chi connectivity index (χ1n) is 16.2. The lowest BCUT2D eigenvalue weighted by Crippen LogP contribution is -2.52. The number of carbonyl (C=O) groups excluding carboxylic acids is 3. The van der Waals surface area contributed by atoms with Crippen molar-refractivity contribution in [3.05, 3.63) is 64.6 Å². The first kappa shape index (κ1) is 11.8. The zero-order chi connectivity index (χ0) is 33.4. The van der Waals surface area contributed by atoms with E-state index in [1.165, 1.54) is 0 Å². The Morgan fingerprint density at radius 1 is 1.12 bits per heavy atom. The summed E-state index contributed by atoms with van der Waals surface area (Å²) in [4.78, 5) is 40.7. The Morgan fingerprint density at radius 3 is 2.67 bits per heavy atom. The van der Waals surface area contributed by atoms with Gasteiger partial charge in [-0.1, -0.05) is 30.2 Å². The molecule has 2 aromatic carbocycles. The quantitative estimate of drug-likeness (QED) is 0.661. The van der Waals surface area contributed by atoms with E-state index in [2.05, 4.69) is 0 Å². The maximum Gasteiger partial charge on any atom is 0.255 e. The molecule has 0 saturated carbocycles. The molecule has 0 aliphatic carbocycles. The topological polar surface area (TPSA) is 88.2 Å². The van der Waals surface area contributed by atoms with Gasteiger partial charge in [0.15, 0.2) is 0 Å². The van der Waals surface area contributed by atoms with Crippen LogP contribution in [0, 0.1) is 0 Å². The molecule has 8 heteroatoms. The van der Waals surface area contributed by atoms with Crippen LogP contribution in [0.5, 0.6) is 5.75 Å². The van der Waals surface area contributed by atoms with Gasteiger partial charge in [0.25, 0.3) is 5.91 Å². The SMILES string of the molecule is [2H]c1c([2H])c(OCc2c([2H])c([2H])c(CN3CCOCC3)c([2H])c2[2H])c2c(c1[2H])C(=O)N([C@]1([2H])C(=O)NC(=O)C([2H])([2H])C1([2H])[2H])C2. The van der Waals surface area contributed by atoms with Crippen LogP contribution in [0.3, 0.4) is 0 Å². The average molecular weight is 462 g/mol. The summed E-state index contributed by atoms with van der Waals surface area (Å²) < 4.78 is 111. The molecule has 8 nitrogen and oxygen atoms in total. The highest BCUT2D eigenvalue weighted by molar-refractivity contribution is 6.05. The van der Waals surface area contributed by atoms with Gasteiger partial charge < -0.3 is 14.4 Å². The predicted molar refractivity (Wildman–Crippen MR) is 119 cm³/mol. The first-order chi connectivity index (χ1) is 20.9. The highest BCUT2D eigenvalue weighted by atomic mass is 16.5. The van der Waals surface area contributed by atoms with E-state index in [1.807, 2.05) is 4.90 Å². The molecular weight excluding hydrogens is 422 g/mol. The third kappa shape index (κ3) is 4.62. The minimum atomic E-state index is -3.59. The summed E-state index contributed by atoms with van der Waals surface area (Å²) in [5.74, 6) is -5.12. The van der Waals surface area contributed by atoms with Crippen LogP contribution in [-0.2, 0) is 34.0 Å². The molecule has 3 aliphatic rings. The molecule has 2 saturated heterocycles. The fraction of sp³-hybridized carbons (Fsp3) is 0.400. The van der Waals surface area contributed by atoms with Crippen LogP contribution in [0.15, 0.2) is 42.3 Å². The number of rotatable bonds is 6. The van der Waals surface area contributed by atoms with E-state index in [1.54, 1.807) is 5.32 Å². The second-order valence-electron chi connectivity index (χ2n) is 7.47. The van der Waals surface area contributed by atoms with E-state index in [0.29, 0.717) is 31.2 Å². The van der Waals surface area contributed by atoms with Crippen molar-refractivity contribution >= 4 is 17.7 Å². The zero-order valence-electron chi connectivity index (χ0n) is 29.4. The number of ether oxygens (including phenoxy) is 2. The van der Waals surface area contributed by atoms with Gasteiger partial charge >= 0.3 is 0 Å². The highest BCUT2D eigenvalue weighted by Gasteiger charge is 2.40. The number of benzene rings is 2. The lowest BCUT2D eigenvalue weighted by Gasteiger charge is -2.29. The molecule has 3 heterocycles. The Morgan fingerprint density at radius 2 is 1.88 bits per heavy atom. The highest BCUT2D eigenvalue weighted by Crippen LogP contribution is 2.34. The van der Waals surface area contributed by atoms with Crippen molar-refractivity contribution < 1.29 is 40.3 Å². The van der Waals surface area contributed by atoms with Crippen LogP contribution < -0.4 is 10.1 Å². The zero-order valence-corrected chi connectivity index (χ0v) is 17.4. The fourth-order valence-electron chi connectivity index (χ4n) is 3.62. The third-order valence-corrected chi connectivity index (χ3v) is 5.30. The van der Waals surface area contributed by atoms with Gasteiger partial charge in [0.05, 0.1) is 30.7 Å². The summed E-state index contributed by atoms with van der Waals surface area (Å²) >= 11 is 0. The Labute approximate surface area is 209 Å². The Balaban J connectivity index is 1.52. The monoisotopic (exact) mass is 461 g/mol. The number of fused-ring (bicyclic) bond motifs is 1. The van der Waals surface area contributed by atoms with Crippen molar-refractivity contribution in [2.24, 2.45) is 0 Å². The minimum Gasteiger partial charge on any atom is -0.489 e. The lowest BCUT2D eigenvalue weighted by molar-refractivity contribution is -0.136. The van der Waals surface area contributed by atoms with Crippen molar-refractivity contribution in [1.82, 2.24) is 15.1 Å². The van der Waals surface area contributed by atoms with E-state index in [4.69, 9.17) is 25.9 Å². The van der Waals surface area contributed by atoms with Gasteiger partial charge in [-0.05, 0) is 29.6 Å². The molecular formula is C25H27N3O5. The molecule has 3 aliphatic heterocycles. The second-order valence-corrected chi connectivity index (χ2v) is 7.47. The molecule has 33 heavy (non-hydrogen) atoms. The van der Waals surface area contributed by atoms with Gasteiger partial charge in [0, 0.05) is 42.6 Å². The summed E-state index contributed by atoms with van der Waals surface area (Å²) in [5.41, 5.74) is -0.972. The molecule has 0 spiro atoms. The van der Waals surface area contributed by atoms with E-state index in [0.717, 1.165) is 0 Å². The number of piperidine rings is 1. The Hall–Kier alpha value is -3.23. The number of carbonyl (C=O) groups is 3. The third-order valence-electron chi connectivity index (χ3n) is 5.30. The molecule has 0 aromatic heterocycles. The molecule has 3 amide bonds.